The van der Waals surface area contributed by atoms with E-state index in [0.717, 1.165) is 38.5 Å². The Kier molecular flexibility index (Phi) is 5.29. The molecule has 1 N–H and O–H groups in total. The van der Waals surface area contributed by atoms with Crippen molar-refractivity contribution in [3.63, 3.8) is 0 Å². The molecule has 0 aromatic heterocycles. The molecule has 14 heavy (non-hydrogen) atoms. The molecule has 0 bridgehead atoms. The zero-order valence-corrected chi connectivity index (χ0v) is 9.21. The average molecular weight is 216 g/mol. The third kappa shape index (κ3) is 3.15. The molecule has 0 unspecified atom stereocenters. The monoisotopic (exact) mass is 215 g/mol. The summed E-state index contributed by atoms with van der Waals surface area (Å²) in [5, 5.41) is 18.6. The number of rotatable bonds is 4. The number of aliphatic hydroxyl groups is 1. The number of hydrogen-bond donors (Lipinski definition) is 1. The van der Waals surface area contributed by atoms with Crippen molar-refractivity contribution in [1.29, 1.82) is 5.26 Å². The van der Waals surface area contributed by atoms with Crippen LogP contribution >= 0.6 is 11.6 Å². The van der Waals surface area contributed by atoms with Gasteiger partial charge in [0.2, 0.25) is 0 Å². The number of nitriles is 1. The second-order valence-electron chi connectivity index (χ2n) is 4.10. The molecular weight excluding hydrogens is 198 g/mol. The molecule has 0 aliphatic heterocycles. The molecule has 0 saturated heterocycles. The normalized spacial score (nSPS) is 32.5. The molecule has 1 aliphatic rings. The number of unbranched alkanes of at least 4 members (excludes halogenated alkanes) is 1. The third-order valence-corrected chi connectivity index (χ3v) is 3.37. The number of nitrogens with zero attached hydrogens (tertiary/aromatic N) is 1. The van der Waals surface area contributed by atoms with Crippen molar-refractivity contribution in [2.24, 2.45) is 11.8 Å². The number of halogens is 1. The molecule has 1 fully saturated rings. The molecule has 1 aliphatic carbocycles. The molecule has 0 heterocycles. The second-order valence-corrected chi connectivity index (χ2v) is 4.48. The van der Waals surface area contributed by atoms with Crippen LogP contribution in [0.3, 0.4) is 0 Å². The zero-order valence-electron chi connectivity index (χ0n) is 8.45. The fourth-order valence-electron chi connectivity index (χ4n) is 2.28. The van der Waals surface area contributed by atoms with Crippen LogP contribution in [0.25, 0.3) is 0 Å². The topological polar surface area (TPSA) is 44.0 Å². The molecule has 0 aromatic rings. The Labute approximate surface area is 90.9 Å². The summed E-state index contributed by atoms with van der Waals surface area (Å²) in [4.78, 5) is 0. The van der Waals surface area contributed by atoms with E-state index in [1.807, 2.05) is 0 Å². The van der Waals surface area contributed by atoms with Crippen molar-refractivity contribution in [2.45, 2.75) is 44.6 Å². The number of alkyl halides is 1. The molecular formula is C11H18ClNO. The van der Waals surface area contributed by atoms with Crippen LogP contribution in [0.5, 0.6) is 0 Å². The minimum Gasteiger partial charge on any atom is -0.392 e. The van der Waals surface area contributed by atoms with Gasteiger partial charge in [0.15, 0.2) is 0 Å². The van der Waals surface area contributed by atoms with Crippen molar-refractivity contribution in [3.8, 4) is 6.07 Å². The van der Waals surface area contributed by atoms with Crippen LogP contribution in [0.15, 0.2) is 0 Å². The first kappa shape index (κ1) is 11.8. The van der Waals surface area contributed by atoms with Crippen LogP contribution in [0.2, 0.25) is 0 Å². The summed E-state index contributed by atoms with van der Waals surface area (Å²) in [6.45, 7) is 0. The van der Waals surface area contributed by atoms with Crippen LogP contribution in [0.4, 0.5) is 0 Å². The van der Waals surface area contributed by atoms with Crippen LogP contribution in [0, 0.1) is 23.2 Å². The average Bonchev–Trinajstić information content (AvgIpc) is 2.18. The van der Waals surface area contributed by atoms with Gasteiger partial charge >= 0.3 is 0 Å². The van der Waals surface area contributed by atoms with Crippen molar-refractivity contribution < 1.29 is 5.11 Å². The van der Waals surface area contributed by atoms with Gasteiger partial charge < -0.3 is 5.11 Å². The molecule has 0 amide bonds. The standard InChI is InChI=1S/C11H18ClNO/c12-7-2-1-4-9-5-3-6-11(14)10(9)8-13/h9-11,14H,1-7H2/t9-,10-,11+/m1/s1. The summed E-state index contributed by atoms with van der Waals surface area (Å²) < 4.78 is 0. The van der Waals surface area contributed by atoms with Crippen LogP contribution in [0.1, 0.15) is 38.5 Å². The quantitative estimate of drug-likeness (QED) is 0.579. The van der Waals surface area contributed by atoms with E-state index in [1.54, 1.807) is 0 Å². The Hall–Kier alpha value is -0.260. The fourth-order valence-corrected chi connectivity index (χ4v) is 2.47. The third-order valence-electron chi connectivity index (χ3n) is 3.10. The predicted molar refractivity (Wildman–Crippen MR) is 57.0 cm³/mol. The van der Waals surface area contributed by atoms with E-state index in [9.17, 15) is 5.11 Å². The van der Waals surface area contributed by atoms with Gasteiger partial charge in [0.25, 0.3) is 0 Å². The first-order chi connectivity index (χ1) is 6.79. The van der Waals surface area contributed by atoms with Crippen molar-refractivity contribution in [1.82, 2.24) is 0 Å². The van der Waals surface area contributed by atoms with E-state index >= 15 is 0 Å². The lowest BCUT2D eigenvalue weighted by molar-refractivity contribution is 0.0578. The van der Waals surface area contributed by atoms with Gasteiger partial charge in [0, 0.05) is 5.88 Å². The molecule has 3 heteroatoms. The molecule has 1 saturated carbocycles. The lowest BCUT2D eigenvalue weighted by atomic mass is 9.76. The van der Waals surface area contributed by atoms with Gasteiger partial charge in [-0.3, -0.25) is 0 Å². The molecule has 0 spiro atoms. The summed E-state index contributed by atoms with van der Waals surface area (Å²) >= 11 is 5.60. The highest BCUT2D eigenvalue weighted by molar-refractivity contribution is 6.17. The molecule has 1 rings (SSSR count). The Morgan fingerprint density at radius 1 is 1.36 bits per heavy atom. The lowest BCUT2D eigenvalue weighted by Crippen LogP contribution is -2.31. The van der Waals surface area contributed by atoms with E-state index in [0.29, 0.717) is 11.8 Å². The van der Waals surface area contributed by atoms with Crippen molar-refractivity contribution in [3.05, 3.63) is 0 Å². The summed E-state index contributed by atoms with van der Waals surface area (Å²) in [6.07, 6.45) is 5.70. The largest absolute Gasteiger partial charge is 0.392 e. The molecule has 0 aromatic carbocycles. The first-order valence-electron chi connectivity index (χ1n) is 5.43. The van der Waals surface area contributed by atoms with E-state index in [2.05, 4.69) is 6.07 Å². The summed E-state index contributed by atoms with van der Waals surface area (Å²) in [6, 6.07) is 2.25. The van der Waals surface area contributed by atoms with Crippen LogP contribution in [-0.2, 0) is 0 Å². The maximum absolute atomic E-state index is 9.65. The minimum absolute atomic E-state index is 0.140. The smallest absolute Gasteiger partial charge is 0.0750 e. The Morgan fingerprint density at radius 2 is 2.14 bits per heavy atom. The Balaban J connectivity index is 2.37. The summed E-state index contributed by atoms with van der Waals surface area (Å²) in [5.74, 6) is 0.956. The van der Waals surface area contributed by atoms with Gasteiger partial charge in [-0.05, 0) is 31.6 Å². The van der Waals surface area contributed by atoms with Gasteiger partial charge in [-0.1, -0.05) is 12.8 Å². The van der Waals surface area contributed by atoms with E-state index in [4.69, 9.17) is 16.9 Å². The number of hydrogen-bond acceptors (Lipinski definition) is 2. The maximum atomic E-state index is 9.65. The van der Waals surface area contributed by atoms with E-state index < -0.39 is 6.10 Å². The minimum atomic E-state index is -0.394. The van der Waals surface area contributed by atoms with Crippen molar-refractivity contribution in [2.75, 3.05) is 5.88 Å². The van der Waals surface area contributed by atoms with Crippen LogP contribution in [-0.4, -0.2) is 17.1 Å². The molecule has 3 atom stereocenters. The van der Waals surface area contributed by atoms with E-state index in [-0.39, 0.29) is 5.92 Å². The van der Waals surface area contributed by atoms with Gasteiger partial charge in [-0.2, -0.15) is 5.26 Å². The SMILES string of the molecule is N#C[C@@H]1[C@H](CCCCCl)CCC[C@@H]1O. The maximum Gasteiger partial charge on any atom is 0.0750 e. The van der Waals surface area contributed by atoms with Crippen molar-refractivity contribution >= 4 is 11.6 Å². The van der Waals surface area contributed by atoms with Gasteiger partial charge in [-0.15, -0.1) is 11.6 Å². The highest BCUT2D eigenvalue weighted by Crippen LogP contribution is 2.33. The lowest BCUT2D eigenvalue weighted by Gasteiger charge is -2.30. The number of aliphatic hydroxyl groups excluding tert-OH is 1. The Bertz CT molecular complexity index is 202. The second kappa shape index (κ2) is 6.27. The molecule has 80 valence electrons. The highest BCUT2D eigenvalue weighted by atomic mass is 35.5. The van der Waals surface area contributed by atoms with E-state index in [1.165, 1.54) is 0 Å². The summed E-state index contributed by atoms with van der Waals surface area (Å²) in [5.41, 5.74) is 0. The van der Waals surface area contributed by atoms with Gasteiger partial charge in [-0.25, -0.2) is 0 Å². The summed E-state index contributed by atoms with van der Waals surface area (Å²) in [7, 11) is 0. The zero-order chi connectivity index (χ0) is 10.4. The Morgan fingerprint density at radius 3 is 2.79 bits per heavy atom. The van der Waals surface area contributed by atoms with Gasteiger partial charge in [0.05, 0.1) is 18.1 Å². The van der Waals surface area contributed by atoms with Gasteiger partial charge in [0.1, 0.15) is 0 Å². The van der Waals surface area contributed by atoms with Crippen LogP contribution < -0.4 is 0 Å². The molecule has 2 nitrogen and oxygen atoms in total. The molecule has 0 radical (unpaired) electrons. The first-order valence-corrected chi connectivity index (χ1v) is 5.96. The highest BCUT2D eigenvalue weighted by Gasteiger charge is 2.31. The fraction of sp³-hybridized carbons (Fsp3) is 0.909. The predicted octanol–water partition coefficient (Wildman–Crippen LogP) is 2.70.